The molecular formula is C15H21FN4O. The van der Waals surface area contributed by atoms with Crippen LogP contribution in [0, 0.1) is 5.82 Å². The van der Waals surface area contributed by atoms with E-state index in [0.29, 0.717) is 5.58 Å². The summed E-state index contributed by atoms with van der Waals surface area (Å²) in [5.74, 6) is 0.537. The van der Waals surface area contributed by atoms with Crippen molar-refractivity contribution in [1.82, 2.24) is 15.4 Å². The van der Waals surface area contributed by atoms with Gasteiger partial charge in [-0.2, -0.15) is 0 Å². The Hall–Kier alpha value is -1.66. The Morgan fingerprint density at radius 1 is 1.29 bits per heavy atom. The summed E-state index contributed by atoms with van der Waals surface area (Å²) in [6, 6.07) is 4.59. The highest BCUT2D eigenvalue weighted by atomic mass is 19.1. The van der Waals surface area contributed by atoms with E-state index in [-0.39, 0.29) is 5.82 Å². The molecule has 0 unspecified atom stereocenters. The quantitative estimate of drug-likeness (QED) is 0.850. The maximum atomic E-state index is 13.2. The zero-order chi connectivity index (χ0) is 14.7. The zero-order valence-corrected chi connectivity index (χ0v) is 12.3. The van der Waals surface area contributed by atoms with Crippen LogP contribution < -0.4 is 10.2 Å². The number of anilines is 1. The molecule has 1 aromatic carbocycles. The molecule has 6 heteroatoms. The second-order valence-electron chi connectivity index (χ2n) is 5.33. The van der Waals surface area contributed by atoms with Crippen molar-refractivity contribution in [1.29, 1.82) is 0 Å². The summed E-state index contributed by atoms with van der Waals surface area (Å²) in [7, 11) is 0. The number of piperazine rings is 1. The van der Waals surface area contributed by atoms with Crippen LogP contribution >= 0.6 is 0 Å². The van der Waals surface area contributed by atoms with Gasteiger partial charge in [0.2, 0.25) is 0 Å². The maximum Gasteiger partial charge on any atom is 0.180 e. The molecule has 5 nitrogen and oxygen atoms in total. The van der Waals surface area contributed by atoms with Crippen molar-refractivity contribution in [2.75, 3.05) is 50.7 Å². The standard InChI is InChI=1S/C15H21FN4O/c1-2-17-5-6-19-7-9-20(10-8-19)15-13-4-3-12(16)11-14(13)21-18-15/h3-4,11,17H,2,5-10H2,1H3. The Labute approximate surface area is 123 Å². The van der Waals surface area contributed by atoms with Gasteiger partial charge < -0.3 is 14.7 Å². The summed E-state index contributed by atoms with van der Waals surface area (Å²) in [4.78, 5) is 4.66. The third kappa shape index (κ3) is 3.16. The average Bonchev–Trinajstić information content (AvgIpc) is 2.91. The normalized spacial score (nSPS) is 16.8. The first-order valence-corrected chi connectivity index (χ1v) is 7.51. The first-order chi connectivity index (χ1) is 10.3. The van der Waals surface area contributed by atoms with Crippen molar-refractivity contribution in [2.45, 2.75) is 6.92 Å². The molecule has 0 aliphatic carbocycles. The number of nitrogens with one attached hydrogen (secondary N) is 1. The number of likely N-dealkylation sites (N-methyl/N-ethyl adjacent to an activating group) is 1. The van der Waals surface area contributed by atoms with Crippen LogP contribution in [0.2, 0.25) is 0 Å². The monoisotopic (exact) mass is 292 g/mol. The highest BCUT2D eigenvalue weighted by molar-refractivity contribution is 5.88. The maximum absolute atomic E-state index is 13.2. The number of rotatable bonds is 5. The molecule has 0 radical (unpaired) electrons. The molecule has 0 saturated carbocycles. The molecule has 1 aliphatic rings. The zero-order valence-electron chi connectivity index (χ0n) is 12.3. The van der Waals surface area contributed by atoms with Crippen LogP contribution in [0.4, 0.5) is 10.2 Å². The van der Waals surface area contributed by atoms with E-state index in [0.717, 1.165) is 57.0 Å². The van der Waals surface area contributed by atoms with Gasteiger partial charge in [0.1, 0.15) is 5.82 Å². The molecule has 1 N–H and O–H groups in total. The topological polar surface area (TPSA) is 44.5 Å². The van der Waals surface area contributed by atoms with Crippen LogP contribution in [-0.4, -0.2) is 55.9 Å². The lowest BCUT2D eigenvalue weighted by Crippen LogP contribution is -2.48. The predicted molar refractivity (Wildman–Crippen MR) is 81.2 cm³/mol. The second-order valence-corrected chi connectivity index (χ2v) is 5.33. The summed E-state index contributed by atoms with van der Waals surface area (Å²) in [5.41, 5.74) is 0.513. The van der Waals surface area contributed by atoms with E-state index < -0.39 is 0 Å². The van der Waals surface area contributed by atoms with Crippen molar-refractivity contribution >= 4 is 16.8 Å². The Morgan fingerprint density at radius 3 is 2.86 bits per heavy atom. The van der Waals surface area contributed by atoms with E-state index in [1.165, 1.54) is 12.1 Å². The molecule has 114 valence electrons. The molecule has 0 amide bonds. The Bertz CT molecular complexity index is 592. The Balaban J connectivity index is 1.63. The van der Waals surface area contributed by atoms with E-state index in [1.807, 2.05) is 0 Å². The van der Waals surface area contributed by atoms with E-state index in [9.17, 15) is 4.39 Å². The van der Waals surface area contributed by atoms with E-state index >= 15 is 0 Å². The summed E-state index contributed by atoms with van der Waals surface area (Å²) in [6.45, 7) is 9.12. The minimum atomic E-state index is -0.293. The summed E-state index contributed by atoms with van der Waals surface area (Å²) < 4.78 is 18.4. The van der Waals surface area contributed by atoms with Gasteiger partial charge in [-0.05, 0) is 18.7 Å². The molecule has 1 aromatic heterocycles. The predicted octanol–water partition coefficient (Wildman–Crippen LogP) is 1.70. The van der Waals surface area contributed by atoms with Crippen molar-refractivity contribution in [3.05, 3.63) is 24.0 Å². The van der Waals surface area contributed by atoms with Gasteiger partial charge >= 0.3 is 0 Å². The van der Waals surface area contributed by atoms with E-state index in [1.54, 1.807) is 6.07 Å². The highest BCUT2D eigenvalue weighted by Gasteiger charge is 2.21. The molecule has 21 heavy (non-hydrogen) atoms. The van der Waals surface area contributed by atoms with Crippen LogP contribution in [0.25, 0.3) is 11.0 Å². The molecule has 2 heterocycles. The molecule has 3 rings (SSSR count). The van der Waals surface area contributed by atoms with Crippen LogP contribution in [0.3, 0.4) is 0 Å². The minimum absolute atomic E-state index is 0.293. The molecule has 0 bridgehead atoms. The van der Waals surface area contributed by atoms with Gasteiger partial charge in [0.25, 0.3) is 0 Å². The number of fused-ring (bicyclic) bond motifs is 1. The Kier molecular flexibility index (Phi) is 4.36. The lowest BCUT2D eigenvalue weighted by Gasteiger charge is -2.34. The summed E-state index contributed by atoms with van der Waals surface area (Å²) in [6.07, 6.45) is 0. The highest BCUT2D eigenvalue weighted by Crippen LogP contribution is 2.27. The van der Waals surface area contributed by atoms with Crippen molar-refractivity contribution in [3.8, 4) is 0 Å². The lowest BCUT2D eigenvalue weighted by molar-refractivity contribution is 0.257. The average molecular weight is 292 g/mol. The lowest BCUT2D eigenvalue weighted by atomic mass is 10.2. The smallest absolute Gasteiger partial charge is 0.180 e. The van der Waals surface area contributed by atoms with Crippen molar-refractivity contribution in [2.24, 2.45) is 0 Å². The first kappa shape index (κ1) is 14.3. The first-order valence-electron chi connectivity index (χ1n) is 7.51. The van der Waals surface area contributed by atoms with Gasteiger partial charge in [-0.3, -0.25) is 4.90 Å². The molecule has 2 aromatic rings. The molecule has 0 spiro atoms. The minimum Gasteiger partial charge on any atom is -0.354 e. The number of benzene rings is 1. The number of aromatic nitrogens is 1. The number of nitrogens with zero attached hydrogens (tertiary/aromatic N) is 3. The molecule has 0 atom stereocenters. The number of halogens is 1. The second kappa shape index (κ2) is 6.41. The van der Waals surface area contributed by atoms with Crippen LogP contribution in [0.1, 0.15) is 6.92 Å². The van der Waals surface area contributed by atoms with Crippen LogP contribution in [-0.2, 0) is 0 Å². The van der Waals surface area contributed by atoms with Crippen LogP contribution in [0.5, 0.6) is 0 Å². The van der Waals surface area contributed by atoms with Gasteiger partial charge in [-0.15, -0.1) is 0 Å². The molecule has 1 fully saturated rings. The van der Waals surface area contributed by atoms with Gasteiger partial charge in [0.15, 0.2) is 11.4 Å². The third-order valence-electron chi connectivity index (χ3n) is 3.94. The fourth-order valence-electron chi connectivity index (χ4n) is 2.72. The molecule has 1 aliphatic heterocycles. The van der Waals surface area contributed by atoms with Gasteiger partial charge in [-0.1, -0.05) is 12.1 Å². The van der Waals surface area contributed by atoms with Crippen molar-refractivity contribution in [3.63, 3.8) is 0 Å². The van der Waals surface area contributed by atoms with Gasteiger partial charge in [0, 0.05) is 45.3 Å². The molecule has 1 saturated heterocycles. The SMILES string of the molecule is CCNCCN1CCN(c2noc3cc(F)ccc23)CC1. The third-order valence-corrected chi connectivity index (χ3v) is 3.94. The molecular weight excluding hydrogens is 271 g/mol. The number of hydrogen-bond acceptors (Lipinski definition) is 5. The van der Waals surface area contributed by atoms with Gasteiger partial charge in [0.05, 0.1) is 5.39 Å². The Morgan fingerprint density at radius 2 is 2.10 bits per heavy atom. The summed E-state index contributed by atoms with van der Waals surface area (Å²) in [5, 5.41) is 8.35. The summed E-state index contributed by atoms with van der Waals surface area (Å²) >= 11 is 0. The van der Waals surface area contributed by atoms with Crippen molar-refractivity contribution < 1.29 is 8.91 Å². The van der Waals surface area contributed by atoms with E-state index in [2.05, 4.69) is 27.2 Å². The van der Waals surface area contributed by atoms with E-state index in [4.69, 9.17) is 4.52 Å². The van der Waals surface area contributed by atoms with Gasteiger partial charge in [-0.25, -0.2) is 4.39 Å². The fourth-order valence-corrected chi connectivity index (χ4v) is 2.72. The fraction of sp³-hybridized carbons (Fsp3) is 0.533. The largest absolute Gasteiger partial charge is 0.354 e. The van der Waals surface area contributed by atoms with Crippen LogP contribution in [0.15, 0.2) is 22.7 Å². The number of hydrogen-bond donors (Lipinski definition) is 1.